The van der Waals surface area contributed by atoms with Crippen molar-refractivity contribution in [2.45, 2.75) is 37.8 Å². The minimum absolute atomic E-state index is 0.166. The number of hydrogen-bond acceptors (Lipinski definition) is 5. The van der Waals surface area contributed by atoms with E-state index in [0.717, 1.165) is 25.7 Å². The molecule has 2 heterocycles. The van der Waals surface area contributed by atoms with E-state index in [-0.39, 0.29) is 6.10 Å². The summed E-state index contributed by atoms with van der Waals surface area (Å²) < 4.78 is 6.01. The highest BCUT2D eigenvalue weighted by Crippen LogP contribution is 2.28. The minimum Gasteiger partial charge on any atom is -0.474 e. The first-order valence-corrected chi connectivity index (χ1v) is 6.88. The van der Waals surface area contributed by atoms with Crippen LogP contribution in [0.4, 0.5) is 0 Å². The fraction of sp³-hybridized carbons (Fsp3) is 0.500. The summed E-state index contributed by atoms with van der Waals surface area (Å²) in [7, 11) is 2.00. The standard InChI is InChI=1S/C14H17N5O/c1-16-10-2-4-11(5-3-10)20-14-12-9(6-15)7-17-13(12)18-8-19-14/h7-8,10-11,16H,2-5H2,1H3,(H,17,18,19). The quantitative estimate of drug-likeness (QED) is 0.888. The van der Waals surface area contributed by atoms with Crippen molar-refractivity contribution in [3.63, 3.8) is 0 Å². The van der Waals surface area contributed by atoms with E-state index in [4.69, 9.17) is 10.00 Å². The Morgan fingerprint density at radius 1 is 1.35 bits per heavy atom. The SMILES string of the molecule is CNC1CCC(Oc2ncnc3[nH]cc(C#N)c23)CC1. The van der Waals surface area contributed by atoms with Crippen LogP contribution >= 0.6 is 0 Å². The Morgan fingerprint density at radius 2 is 2.15 bits per heavy atom. The number of nitrogens with one attached hydrogen (secondary N) is 2. The van der Waals surface area contributed by atoms with Gasteiger partial charge in [-0.05, 0) is 32.7 Å². The Morgan fingerprint density at radius 3 is 2.85 bits per heavy atom. The maximum atomic E-state index is 9.13. The second-order valence-corrected chi connectivity index (χ2v) is 5.10. The molecule has 2 N–H and O–H groups in total. The van der Waals surface area contributed by atoms with Gasteiger partial charge in [-0.2, -0.15) is 5.26 Å². The van der Waals surface area contributed by atoms with E-state index in [0.29, 0.717) is 28.5 Å². The summed E-state index contributed by atoms with van der Waals surface area (Å²) in [6.07, 6.45) is 7.49. The van der Waals surface area contributed by atoms with Crippen molar-refractivity contribution in [3.8, 4) is 11.9 Å². The normalized spacial score (nSPS) is 22.6. The molecule has 2 aromatic heterocycles. The maximum Gasteiger partial charge on any atom is 0.227 e. The van der Waals surface area contributed by atoms with Gasteiger partial charge in [-0.1, -0.05) is 0 Å². The second-order valence-electron chi connectivity index (χ2n) is 5.10. The number of aromatic nitrogens is 3. The first-order valence-electron chi connectivity index (χ1n) is 6.88. The van der Waals surface area contributed by atoms with Crippen LogP contribution in [0.15, 0.2) is 12.5 Å². The van der Waals surface area contributed by atoms with Gasteiger partial charge in [0.15, 0.2) is 0 Å². The first-order chi connectivity index (χ1) is 9.81. The summed E-state index contributed by atoms with van der Waals surface area (Å²) in [4.78, 5) is 11.3. The van der Waals surface area contributed by atoms with Gasteiger partial charge < -0.3 is 15.0 Å². The van der Waals surface area contributed by atoms with Crippen molar-refractivity contribution in [3.05, 3.63) is 18.1 Å². The third-order valence-corrected chi connectivity index (χ3v) is 3.92. The molecule has 2 aromatic rings. The number of H-pyrrole nitrogens is 1. The van der Waals surface area contributed by atoms with E-state index in [2.05, 4.69) is 26.3 Å². The Balaban J connectivity index is 1.81. The molecule has 0 unspecified atom stereocenters. The van der Waals surface area contributed by atoms with Gasteiger partial charge in [0.05, 0.1) is 10.9 Å². The van der Waals surface area contributed by atoms with Crippen molar-refractivity contribution >= 4 is 11.0 Å². The second kappa shape index (κ2) is 5.47. The Hall–Kier alpha value is -2.13. The molecule has 0 radical (unpaired) electrons. The number of nitrogens with zero attached hydrogens (tertiary/aromatic N) is 3. The summed E-state index contributed by atoms with van der Waals surface area (Å²) >= 11 is 0. The van der Waals surface area contributed by atoms with Crippen molar-refractivity contribution in [2.24, 2.45) is 0 Å². The largest absolute Gasteiger partial charge is 0.474 e. The molecule has 0 amide bonds. The highest BCUT2D eigenvalue weighted by molar-refractivity contribution is 5.87. The van der Waals surface area contributed by atoms with Crippen LogP contribution in [-0.4, -0.2) is 34.1 Å². The molecular weight excluding hydrogens is 254 g/mol. The van der Waals surface area contributed by atoms with Crippen LogP contribution < -0.4 is 10.1 Å². The first kappa shape index (κ1) is 12.9. The number of ether oxygens (including phenoxy) is 1. The number of hydrogen-bond donors (Lipinski definition) is 2. The molecule has 0 aromatic carbocycles. The van der Waals surface area contributed by atoms with Gasteiger partial charge in [0.1, 0.15) is 24.1 Å². The van der Waals surface area contributed by atoms with E-state index in [9.17, 15) is 0 Å². The number of aromatic amines is 1. The van der Waals surface area contributed by atoms with Crippen molar-refractivity contribution in [2.75, 3.05) is 7.05 Å². The number of fused-ring (bicyclic) bond motifs is 1. The monoisotopic (exact) mass is 271 g/mol. The van der Waals surface area contributed by atoms with Gasteiger partial charge >= 0.3 is 0 Å². The predicted octanol–water partition coefficient (Wildman–Crippen LogP) is 1.74. The summed E-state index contributed by atoms with van der Waals surface area (Å²) in [5, 5.41) is 13.1. The van der Waals surface area contributed by atoms with Crippen molar-refractivity contribution in [1.82, 2.24) is 20.3 Å². The van der Waals surface area contributed by atoms with E-state index in [1.165, 1.54) is 6.33 Å². The average molecular weight is 271 g/mol. The highest BCUT2D eigenvalue weighted by atomic mass is 16.5. The summed E-state index contributed by atoms with van der Waals surface area (Å²) in [6, 6.07) is 2.73. The molecule has 3 rings (SSSR count). The van der Waals surface area contributed by atoms with E-state index in [1.54, 1.807) is 6.20 Å². The van der Waals surface area contributed by atoms with Crippen molar-refractivity contribution in [1.29, 1.82) is 5.26 Å². The summed E-state index contributed by atoms with van der Waals surface area (Å²) in [5.74, 6) is 0.515. The highest BCUT2D eigenvalue weighted by Gasteiger charge is 2.23. The summed E-state index contributed by atoms with van der Waals surface area (Å²) in [5.41, 5.74) is 1.18. The molecule has 0 atom stereocenters. The zero-order valence-electron chi connectivity index (χ0n) is 11.4. The van der Waals surface area contributed by atoms with Crippen LogP contribution in [-0.2, 0) is 0 Å². The molecule has 1 aliphatic rings. The van der Waals surface area contributed by atoms with Crippen LogP contribution in [0.5, 0.6) is 5.88 Å². The molecule has 0 spiro atoms. The fourth-order valence-electron chi connectivity index (χ4n) is 2.74. The Labute approximate surface area is 117 Å². The molecule has 6 nitrogen and oxygen atoms in total. The Kier molecular flexibility index (Phi) is 3.52. The molecule has 6 heteroatoms. The zero-order valence-corrected chi connectivity index (χ0v) is 11.4. The van der Waals surface area contributed by atoms with Gasteiger partial charge in [0, 0.05) is 12.2 Å². The lowest BCUT2D eigenvalue weighted by molar-refractivity contribution is 0.138. The van der Waals surface area contributed by atoms with Gasteiger partial charge in [-0.15, -0.1) is 0 Å². The lowest BCUT2D eigenvalue weighted by atomic mass is 9.93. The zero-order chi connectivity index (χ0) is 13.9. The van der Waals surface area contributed by atoms with E-state index < -0.39 is 0 Å². The Bertz CT molecular complexity index is 637. The summed E-state index contributed by atoms with van der Waals surface area (Å²) in [6.45, 7) is 0. The van der Waals surface area contributed by atoms with Crippen molar-refractivity contribution < 1.29 is 4.74 Å². The predicted molar refractivity (Wildman–Crippen MR) is 74.3 cm³/mol. The molecule has 104 valence electrons. The van der Waals surface area contributed by atoms with Gasteiger partial charge in [-0.25, -0.2) is 9.97 Å². The maximum absolute atomic E-state index is 9.13. The molecule has 1 aliphatic carbocycles. The van der Waals surface area contributed by atoms with Crippen LogP contribution in [0.3, 0.4) is 0 Å². The van der Waals surface area contributed by atoms with Gasteiger partial charge in [0.25, 0.3) is 0 Å². The smallest absolute Gasteiger partial charge is 0.227 e. The molecule has 1 fully saturated rings. The van der Waals surface area contributed by atoms with E-state index in [1.807, 2.05) is 7.05 Å². The molecule has 0 bridgehead atoms. The minimum atomic E-state index is 0.166. The molecule has 20 heavy (non-hydrogen) atoms. The lowest BCUT2D eigenvalue weighted by Crippen LogP contribution is -2.34. The average Bonchev–Trinajstić information content (AvgIpc) is 2.92. The van der Waals surface area contributed by atoms with Crippen LogP contribution in [0.25, 0.3) is 11.0 Å². The van der Waals surface area contributed by atoms with Crippen LogP contribution in [0.2, 0.25) is 0 Å². The lowest BCUT2D eigenvalue weighted by Gasteiger charge is -2.28. The third kappa shape index (κ3) is 2.32. The topological polar surface area (TPSA) is 86.6 Å². The van der Waals surface area contributed by atoms with Gasteiger partial charge in [0.2, 0.25) is 5.88 Å². The molecule has 0 aliphatic heterocycles. The third-order valence-electron chi connectivity index (χ3n) is 3.92. The fourth-order valence-corrected chi connectivity index (χ4v) is 2.74. The molecule has 1 saturated carbocycles. The van der Waals surface area contributed by atoms with Gasteiger partial charge in [-0.3, -0.25) is 0 Å². The number of rotatable bonds is 3. The molecule has 0 saturated heterocycles. The van der Waals surface area contributed by atoms with Crippen LogP contribution in [0, 0.1) is 11.3 Å². The van der Waals surface area contributed by atoms with E-state index >= 15 is 0 Å². The molecular formula is C14H17N5O. The van der Waals surface area contributed by atoms with Crippen LogP contribution in [0.1, 0.15) is 31.2 Å². The number of nitriles is 1.